The van der Waals surface area contributed by atoms with Crippen LogP contribution in [0.5, 0.6) is 0 Å². The van der Waals surface area contributed by atoms with Crippen LogP contribution in [0.3, 0.4) is 0 Å². The highest BCUT2D eigenvalue weighted by Crippen LogP contribution is 2.23. The van der Waals surface area contributed by atoms with Crippen LogP contribution in [0.1, 0.15) is 39.5 Å². The minimum absolute atomic E-state index is 0.184. The van der Waals surface area contributed by atoms with E-state index in [0.29, 0.717) is 18.8 Å². The van der Waals surface area contributed by atoms with Gasteiger partial charge in [0.1, 0.15) is 18.6 Å². The first kappa shape index (κ1) is 24.0. The lowest BCUT2D eigenvalue weighted by atomic mass is 9.89. The van der Waals surface area contributed by atoms with E-state index in [1.54, 1.807) is 31.4 Å². The Hall–Kier alpha value is -2.02. The van der Waals surface area contributed by atoms with Crippen molar-refractivity contribution in [3.05, 3.63) is 11.6 Å². The minimum Gasteiger partial charge on any atom is -0.357 e. The molecule has 1 heterocycles. The van der Waals surface area contributed by atoms with E-state index in [2.05, 4.69) is 22.4 Å². The summed E-state index contributed by atoms with van der Waals surface area (Å²) >= 11 is 0. The average molecular weight is 367 g/mol. The zero-order chi connectivity index (χ0) is 19.9. The molecule has 0 aromatic rings. The molecule has 0 bridgehead atoms. The van der Waals surface area contributed by atoms with Gasteiger partial charge in [-0.25, -0.2) is 0 Å². The summed E-state index contributed by atoms with van der Waals surface area (Å²) in [6.07, 6.45) is 7.45. The number of hydrogen-bond donors (Lipinski definition) is 1. The maximum atomic E-state index is 11.9. The number of allylic oxidation sites excluding steroid dienone is 2. The van der Waals surface area contributed by atoms with Crippen molar-refractivity contribution in [2.75, 3.05) is 34.2 Å². The molecule has 1 aliphatic heterocycles. The topological polar surface area (TPSA) is 82.1 Å². The fourth-order valence-corrected chi connectivity index (χ4v) is 2.82. The van der Waals surface area contributed by atoms with Gasteiger partial charge in [-0.3, -0.25) is 14.6 Å². The Morgan fingerprint density at radius 1 is 1.31 bits per heavy atom. The molecule has 0 aliphatic carbocycles. The lowest BCUT2D eigenvalue weighted by molar-refractivity contribution is -0.125. The molecule has 0 aromatic heterocycles. The van der Waals surface area contributed by atoms with E-state index < -0.39 is 6.04 Å². The molecule has 0 radical (unpaired) electrons. The highest BCUT2D eigenvalue weighted by molar-refractivity contribution is 5.86. The van der Waals surface area contributed by atoms with Crippen LogP contribution in [0.15, 0.2) is 16.8 Å². The van der Waals surface area contributed by atoms with E-state index >= 15 is 0 Å². The Balaban J connectivity index is 0.00000301. The number of hydrazone groups is 1. The third-order valence-electron chi connectivity index (χ3n) is 4.40. The number of piperidine rings is 1. The first-order valence-electron chi connectivity index (χ1n) is 9.29. The van der Waals surface area contributed by atoms with Crippen molar-refractivity contribution in [1.82, 2.24) is 15.2 Å². The molecular weight excluding hydrogens is 332 g/mol. The molecule has 1 saturated heterocycles. The van der Waals surface area contributed by atoms with Gasteiger partial charge < -0.3 is 15.0 Å². The number of likely N-dealkylation sites (tertiary alicyclic amines) is 1. The van der Waals surface area contributed by atoms with Crippen LogP contribution >= 0.6 is 0 Å². The number of nitrogens with zero attached hydrogens (tertiary/aromatic N) is 3. The highest BCUT2D eigenvalue weighted by atomic mass is 16.2. The van der Waals surface area contributed by atoms with Crippen LogP contribution in [0.25, 0.3) is 0 Å². The normalized spacial score (nSPS) is 17.2. The van der Waals surface area contributed by atoms with Crippen molar-refractivity contribution in [3.8, 4) is 0 Å². The second-order valence-corrected chi connectivity index (χ2v) is 6.07. The molecular formula is C19H34N4O3. The summed E-state index contributed by atoms with van der Waals surface area (Å²) in [7, 11) is 5.35. The van der Waals surface area contributed by atoms with E-state index in [1.165, 1.54) is 0 Å². The average Bonchev–Trinajstić information content (AvgIpc) is 2.67. The Kier molecular flexibility index (Phi) is 13.1. The summed E-state index contributed by atoms with van der Waals surface area (Å²) in [4.78, 5) is 35.7. The number of likely N-dealkylation sites (N-methyl/N-ethyl adjacent to an activating group) is 2. The van der Waals surface area contributed by atoms with Crippen molar-refractivity contribution in [2.24, 2.45) is 11.0 Å². The van der Waals surface area contributed by atoms with Gasteiger partial charge in [0.25, 0.3) is 0 Å². The van der Waals surface area contributed by atoms with Crippen molar-refractivity contribution in [2.45, 2.75) is 45.6 Å². The van der Waals surface area contributed by atoms with Crippen molar-refractivity contribution < 1.29 is 14.4 Å². The molecule has 7 nitrogen and oxygen atoms in total. The fraction of sp³-hybridized carbons (Fsp3) is 0.684. The molecule has 148 valence electrons. The molecule has 0 spiro atoms. The Morgan fingerprint density at radius 3 is 2.42 bits per heavy atom. The van der Waals surface area contributed by atoms with Crippen LogP contribution in [0.2, 0.25) is 0 Å². The van der Waals surface area contributed by atoms with Crippen LogP contribution < -0.4 is 5.32 Å². The molecule has 1 unspecified atom stereocenters. The third kappa shape index (κ3) is 8.38. The predicted molar refractivity (Wildman–Crippen MR) is 105 cm³/mol. The summed E-state index contributed by atoms with van der Waals surface area (Å²) in [5.41, 5.74) is 0.885. The summed E-state index contributed by atoms with van der Waals surface area (Å²) in [6.45, 7) is 5.98. The molecule has 1 fully saturated rings. The standard InChI is InChI=1S/C17H28N4O3.C2H6/c1-18-17(24)16(5-4-11-22)21(3)19-13-15(8-12-23)14-6-9-20(2)10-7-14;1-2/h8,11-14,16H,4-7,9-10H2,1-3H3,(H,18,24);1-2H3/b15-8+,19-13-;. The monoisotopic (exact) mass is 366 g/mol. The van der Waals surface area contributed by atoms with Crippen LogP contribution in [-0.4, -0.2) is 74.9 Å². The lowest BCUT2D eigenvalue weighted by Crippen LogP contribution is -2.41. The predicted octanol–water partition coefficient (Wildman–Crippen LogP) is 1.49. The number of aldehydes is 2. The summed E-state index contributed by atoms with van der Waals surface area (Å²) in [5.74, 6) is 0.119. The molecule has 0 aromatic carbocycles. The van der Waals surface area contributed by atoms with Crippen molar-refractivity contribution in [3.63, 3.8) is 0 Å². The number of carbonyl (C=O) groups excluding carboxylic acids is 3. The number of nitrogens with one attached hydrogen (secondary N) is 1. The molecule has 0 saturated carbocycles. The van der Waals surface area contributed by atoms with E-state index in [4.69, 9.17) is 0 Å². The fourth-order valence-electron chi connectivity index (χ4n) is 2.82. The van der Waals surface area contributed by atoms with Gasteiger partial charge in [-0.1, -0.05) is 13.8 Å². The second-order valence-electron chi connectivity index (χ2n) is 6.07. The van der Waals surface area contributed by atoms with E-state index in [0.717, 1.165) is 44.1 Å². The Bertz CT molecular complexity index is 483. The van der Waals surface area contributed by atoms with Gasteiger partial charge in [-0.2, -0.15) is 5.10 Å². The maximum absolute atomic E-state index is 11.9. The highest BCUT2D eigenvalue weighted by Gasteiger charge is 2.22. The quantitative estimate of drug-likeness (QED) is 0.289. The zero-order valence-corrected chi connectivity index (χ0v) is 16.8. The van der Waals surface area contributed by atoms with Crippen molar-refractivity contribution in [1.29, 1.82) is 0 Å². The minimum atomic E-state index is -0.508. The largest absolute Gasteiger partial charge is 0.357 e. The lowest BCUT2D eigenvalue weighted by Gasteiger charge is -2.29. The van der Waals surface area contributed by atoms with Gasteiger partial charge >= 0.3 is 0 Å². The molecule has 26 heavy (non-hydrogen) atoms. The first-order chi connectivity index (χ1) is 12.5. The first-order valence-corrected chi connectivity index (χ1v) is 9.29. The van der Waals surface area contributed by atoms with E-state index in [1.807, 2.05) is 13.8 Å². The number of hydrogen-bond acceptors (Lipinski definition) is 6. The van der Waals surface area contributed by atoms with Crippen LogP contribution in [0.4, 0.5) is 0 Å². The summed E-state index contributed by atoms with van der Waals surface area (Å²) in [5, 5.41) is 8.49. The zero-order valence-electron chi connectivity index (χ0n) is 16.8. The second kappa shape index (κ2) is 14.2. The molecule has 1 aliphatic rings. The van der Waals surface area contributed by atoms with Gasteiger partial charge in [0.05, 0.1) is 6.21 Å². The Morgan fingerprint density at radius 2 is 1.92 bits per heavy atom. The van der Waals surface area contributed by atoms with Gasteiger partial charge in [0.2, 0.25) is 5.91 Å². The number of amides is 1. The van der Waals surface area contributed by atoms with Gasteiger partial charge in [0.15, 0.2) is 0 Å². The van der Waals surface area contributed by atoms with Crippen LogP contribution in [0, 0.1) is 5.92 Å². The molecule has 7 heteroatoms. The summed E-state index contributed by atoms with van der Waals surface area (Å²) < 4.78 is 0. The van der Waals surface area contributed by atoms with Crippen LogP contribution in [-0.2, 0) is 14.4 Å². The number of rotatable bonds is 9. The summed E-state index contributed by atoms with van der Waals surface area (Å²) in [6, 6.07) is -0.508. The van der Waals surface area contributed by atoms with E-state index in [-0.39, 0.29) is 5.91 Å². The van der Waals surface area contributed by atoms with Gasteiger partial charge in [0, 0.05) is 20.5 Å². The SMILES string of the molecule is CC.CNC(=O)C(CCC=O)N(C)/N=C\C(=C/C=O)C1CCN(C)CC1. The molecule has 1 amide bonds. The molecule has 1 N–H and O–H groups in total. The van der Waals surface area contributed by atoms with Gasteiger partial charge in [-0.15, -0.1) is 0 Å². The smallest absolute Gasteiger partial charge is 0.244 e. The number of carbonyl (C=O) groups is 3. The molecule has 1 rings (SSSR count). The van der Waals surface area contributed by atoms with Gasteiger partial charge in [-0.05, 0) is 57.0 Å². The van der Waals surface area contributed by atoms with E-state index in [9.17, 15) is 14.4 Å². The van der Waals surface area contributed by atoms with Crippen molar-refractivity contribution >= 4 is 24.7 Å². The third-order valence-corrected chi connectivity index (χ3v) is 4.40. The Labute approximate surface area is 157 Å². The molecule has 1 atom stereocenters. The maximum Gasteiger partial charge on any atom is 0.244 e.